The van der Waals surface area contributed by atoms with E-state index in [1.165, 1.54) is 0 Å². The molecule has 6 nitrogen and oxygen atoms in total. The first kappa shape index (κ1) is 15.3. The Kier molecular flexibility index (Phi) is 4.37. The van der Waals surface area contributed by atoms with Crippen LogP contribution in [-0.2, 0) is 14.8 Å². The summed E-state index contributed by atoms with van der Waals surface area (Å²) in [5, 5.41) is 4.57. The van der Waals surface area contributed by atoms with Crippen molar-refractivity contribution in [3.8, 4) is 5.69 Å². The largest absolute Gasteiger partial charge is 0.377 e. The molecule has 0 radical (unpaired) electrons. The molecule has 1 fully saturated rings. The molecule has 2 aromatic rings. The second-order valence-electron chi connectivity index (χ2n) is 5.13. The van der Waals surface area contributed by atoms with Crippen LogP contribution in [0.3, 0.4) is 0 Å². The Bertz CT molecular complexity index is 741. The molecule has 1 saturated heterocycles. The normalized spacial score (nSPS) is 18.5. The molecule has 8 heteroatoms. The summed E-state index contributed by atoms with van der Waals surface area (Å²) in [5.74, 6) is -0.0575. The van der Waals surface area contributed by atoms with Crippen LogP contribution in [0.4, 0.5) is 5.69 Å². The number of benzene rings is 1. The number of hydrogen-bond donors (Lipinski definition) is 1. The zero-order chi connectivity index (χ0) is 15.6. The third kappa shape index (κ3) is 3.60. The second kappa shape index (κ2) is 6.28. The number of halogens is 1. The summed E-state index contributed by atoms with van der Waals surface area (Å²) in [6, 6.07) is 6.75. The van der Waals surface area contributed by atoms with Gasteiger partial charge in [-0.25, -0.2) is 13.1 Å². The quantitative estimate of drug-likeness (QED) is 0.906. The Balaban J connectivity index is 1.86. The molecule has 118 valence electrons. The van der Waals surface area contributed by atoms with E-state index in [1.807, 2.05) is 0 Å². The highest BCUT2D eigenvalue weighted by Crippen LogP contribution is 2.26. The minimum absolute atomic E-state index is 0.0575. The van der Waals surface area contributed by atoms with Crippen LogP contribution in [0.25, 0.3) is 5.69 Å². The number of sulfonamides is 1. The molecular weight excluding hydrogens is 326 g/mol. The molecule has 0 aliphatic carbocycles. The van der Waals surface area contributed by atoms with E-state index in [9.17, 15) is 8.42 Å². The van der Waals surface area contributed by atoms with E-state index >= 15 is 0 Å². The van der Waals surface area contributed by atoms with Gasteiger partial charge in [0.2, 0.25) is 10.0 Å². The van der Waals surface area contributed by atoms with Gasteiger partial charge >= 0.3 is 0 Å². The van der Waals surface area contributed by atoms with Crippen LogP contribution in [0.5, 0.6) is 0 Å². The number of ether oxygens (including phenoxy) is 1. The van der Waals surface area contributed by atoms with Gasteiger partial charge in [0.1, 0.15) is 0 Å². The van der Waals surface area contributed by atoms with Crippen molar-refractivity contribution >= 4 is 27.3 Å². The molecule has 1 aliphatic heterocycles. The highest BCUT2D eigenvalue weighted by atomic mass is 35.5. The number of hydrogen-bond acceptors (Lipinski definition) is 4. The van der Waals surface area contributed by atoms with Gasteiger partial charge in [-0.05, 0) is 37.1 Å². The molecule has 0 amide bonds. The van der Waals surface area contributed by atoms with E-state index in [-0.39, 0.29) is 11.9 Å². The Morgan fingerprint density at radius 3 is 3.00 bits per heavy atom. The van der Waals surface area contributed by atoms with Crippen molar-refractivity contribution in [1.29, 1.82) is 0 Å². The molecule has 1 N–H and O–H groups in total. The molecule has 0 spiro atoms. The van der Waals surface area contributed by atoms with E-state index in [2.05, 4.69) is 9.82 Å². The average Bonchev–Trinajstić information content (AvgIpc) is 3.10. The summed E-state index contributed by atoms with van der Waals surface area (Å²) in [6.07, 6.45) is 4.78. The fourth-order valence-electron chi connectivity index (χ4n) is 2.43. The summed E-state index contributed by atoms with van der Waals surface area (Å²) in [7, 11) is -3.52. The van der Waals surface area contributed by atoms with Crippen LogP contribution >= 0.6 is 11.6 Å². The molecule has 0 bridgehead atoms. The van der Waals surface area contributed by atoms with E-state index in [0.717, 1.165) is 12.8 Å². The fraction of sp³-hybridized carbons (Fsp3) is 0.357. The number of aromatic nitrogens is 2. The molecule has 0 unspecified atom stereocenters. The third-order valence-corrected chi connectivity index (χ3v) is 4.98. The smallest absolute Gasteiger partial charge is 0.235 e. The summed E-state index contributed by atoms with van der Waals surface area (Å²) in [6.45, 7) is 0.621. The minimum Gasteiger partial charge on any atom is -0.377 e. The highest BCUT2D eigenvalue weighted by molar-refractivity contribution is 7.92. The first-order valence-corrected chi connectivity index (χ1v) is 8.98. The Labute approximate surface area is 134 Å². The van der Waals surface area contributed by atoms with Crippen LogP contribution in [-0.4, -0.2) is 36.7 Å². The van der Waals surface area contributed by atoms with Crippen molar-refractivity contribution in [2.45, 2.75) is 18.9 Å². The summed E-state index contributed by atoms with van der Waals surface area (Å²) in [4.78, 5) is 0. The van der Waals surface area contributed by atoms with E-state index in [0.29, 0.717) is 23.0 Å². The Morgan fingerprint density at radius 1 is 1.45 bits per heavy atom. The topological polar surface area (TPSA) is 73.2 Å². The maximum Gasteiger partial charge on any atom is 0.235 e. The predicted octanol–water partition coefficient (Wildman–Crippen LogP) is 2.45. The first-order chi connectivity index (χ1) is 10.5. The van der Waals surface area contributed by atoms with Crippen molar-refractivity contribution in [2.75, 3.05) is 17.1 Å². The predicted molar refractivity (Wildman–Crippen MR) is 85.0 cm³/mol. The van der Waals surface area contributed by atoms with Crippen molar-refractivity contribution in [2.24, 2.45) is 0 Å². The van der Waals surface area contributed by atoms with Crippen LogP contribution in [0, 0.1) is 0 Å². The number of nitrogens with zero attached hydrogens (tertiary/aromatic N) is 2. The van der Waals surface area contributed by atoms with E-state index < -0.39 is 10.0 Å². The monoisotopic (exact) mass is 341 g/mol. The Morgan fingerprint density at radius 2 is 2.32 bits per heavy atom. The van der Waals surface area contributed by atoms with Gasteiger partial charge in [-0.2, -0.15) is 5.10 Å². The lowest BCUT2D eigenvalue weighted by molar-refractivity contribution is 0.127. The van der Waals surface area contributed by atoms with Gasteiger partial charge in [-0.15, -0.1) is 0 Å². The minimum atomic E-state index is -3.52. The maximum absolute atomic E-state index is 12.3. The summed E-state index contributed by atoms with van der Waals surface area (Å²) >= 11 is 5.99. The second-order valence-corrected chi connectivity index (χ2v) is 7.33. The number of nitrogens with one attached hydrogen (secondary N) is 1. The number of rotatable bonds is 5. The maximum atomic E-state index is 12.3. The van der Waals surface area contributed by atoms with Gasteiger partial charge in [0.15, 0.2) is 0 Å². The summed E-state index contributed by atoms with van der Waals surface area (Å²) in [5.41, 5.74) is 1.01. The van der Waals surface area contributed by atoms with Gasteiger partial charge in [0.25, 0.3) is 0 Å². The third-order valence-electron chi connectivity index (χ3n) is 3.40. The Hall–Kier alpha value is -1.57. The molecule has 1 atom stereocenters. The molecule has 1 aromatic heterocycles. The zero-order valence-electron chi connectivity index (χ0n) is 11.8. The molecule has 22 heavy (non-hydrogen) atoms. The number of anilines is 1. The summed E-state index contributed by atoms with van der Waals surface area (Å²) < 4.78 is 34.2. The fourth-order valence-corrected chi connectivity index (χ4v) is 3.94. The van der Waals surface area contributed by atoms with E-state index in [4.69, 9.17) is 16.3 Å². The first-order valence-electron chi connectivity index (χ1n) is 6.95. The molecule has 0 saturated carbocycles. The molecule has 3 rings (SSSR count). The standard InChI is InChI=1S/C14H16ClN3O3S/c15-11-4-5-14(18-7-2-6-16-18)13(9-11)17-22(19,20)10-12-3-1-8-21-12/h2,4-7,9,12,17H,1,3,8,10H2/t12-/m1/s1. The van der Waals surface area contributed by atoms with Gasteiger partial charge in [0.05, 0.1) is 23.2 Å². The van der Waals surface area contributed by atoms with Crippen molar-refractivity contribution in [3.05, 3.63) is 41.7 Å². The van der Waals surface area contributed by atoms with Crippen LogP contribution in [0.15, 0.2) is 36.7 Å². The highest BCUT2D eigenvalue weighted by Gasteiger charge is 2.24. The molecule has 1 aliphatic rings. The van der Waals surface area contributed by atoms with Crippen LogP contribution < -0.4 is 4.72 Å². The van der Waals surface area contributed by atoms with Crippen LogP contribution in [0.2, 0.25) is 5.02 Å². The van der Waals surface area contributed by atoms with Gasteiger partial charge in [-0.1, -0.05) is 11.6 Å². The van der Waals surface area contributed by atoms with Gasteiger partial charge in [0, 0.05) is 24.0 Å². The lowest BCUT2D eigenvalue weighted by atomic mass is 10.3. The van der Waals surface area contributed by atoms with Crippen molar-refractivity contribution in [1.82, 2.24) is 9.78 Å². The van der Waals surface area contributed by atoms with Crippen molar-refractivity contribution in [3.63, 3.8) is 0 Å². The SMILES string of the molecule is O=S(=O)(C[C@H]1CCCO1)Nc1cc(Cl)ccc1-n1cccn1. The average molecular weight is 342 g/mol. The lowest BCUT2D eigenvalue weighted by Crippen LogP contribution is -2.26. The molecular formula is C14H16ClN3O3S. The van der Waals surface area contributed by atoms with Gasteiger partial charge < -0.3 is 4.74 Å². The van der Waals surface area contributed by atoms with Crippen molar-refractivity contribution < 1.29 is 13.2 Å². The van der Waals surface area contributed by atoms with Gasteiger partial charge in [-0.3, -0.25) is 4.72 Å². The molecule has 1 aromatic carbocycles. The molecule has 2 heterocycles. The zero-order valence-corrected chi connectivity index (χ0v) is 13.3. The lowest BCUT2D eigenvalue weighted by Gasteiger charge is -2.15. The van der Waals surface area contributed by atoms with Crippen LogP contribution in [0.1, 0.15) is 12.8 Å². The van der Waals surface area contributed by atoms with E-state index in [1.54, 1.807) is 41.3 Å².